The van der Waals surface area contributed by atoms with Crippen molar-refractivity contribution in [2.45, 2.75) is 19.0 Å². The van der Waals surface area contributed by atoms with Crippen molar-refractivity contribution in [3.05, 3.63) is 29.8 Å². The zero-order chi connectivity index (χ0) is 10.7. The lowest BCUT2D eigenvalue weighted by molar-refractivity contribution is -0.0498. The first-order chi connectivity index (χ1) is 7.25. The van der Waals surface area contributed by atoms with E-state index in [-0.39, 0.29) is 5.75 Å². The number of hydrogen-bond donors (Lipinski definition) is 1. The van der Waals surface area contributed by atoms with Gasteiger partial charge >= 0.3 is 6.61 Å². The third-order valence-electron chi connectivity index (χ3n) is 2.64. The predicted molar refractivity (Wildman–Crippen MR) is 53.3 cm³/mol. The molecule has 0 bridgehead atoms. The van der Waals surface area contributed by atoms with Crippen LogP contribution >= 0.6 is 0 Å². The van der Waals surface area contributed by atoms with Crippen LogP contribution in [0.25, 0.3) is 0 Å². The Morgan fingerprint density at radius 1 is 1.27 bits per heavy atom. The van der Waals surface area contributed by atoms with Crippen LogP contribution in [-0.2, 0) is 0 Å². The van der Waals surface area contributed by atoms with Gasteiger partial charge in [0.15, 0.2) is 0 Å². The van der Waals surface area contributed by atoms with Gasteiger partial charge in [-0.15, -0.1) is 0 Å². The lowest BCUT2D eigenvalue weighted by atomic mass is 9.99. The van der Waals surface area contributed by atoms with Gasteiger partial charge in [0, 0.05) is 6.54 Å². The van der Waals surface area contributed by atoms with Gasteiger partial charge in [-0.05, 0) is 36.6 Å². The normalized spacial score (nSPS) is 20.9. The van der Waals surface area contributed by atoms with E-state index in [9.17, 15) is 8.78 Å². The first-order valence-electron chi connectivity index (χ1n) is 5.01. The summed E-state index contributed by atoms with van der Waals surface area (Å²) in [7, 11) is 0. The number of nitrogens with one attached hydrogen (secondary N) is 1. The number of halogens is 2. The van der Waals surface area contributed by atoms with Crippen molar-refractivity contribution in [1.29, 1.82) is 0 Å². The van der Waals surface area contributed by atoms with Gasteiger partial charge in [-0.3, -0.25) is 0 Å². The van der Waals surface area contributed by atoms with Gasteiger partial charge in [-0.1, -0.05) is 12.1 Å². The topological polar surface area (TPSA) is 21.3 Å². The summed E-state index contributed by atoms with van der Waals surface area (Å²) in [5.74, 6) is 0.727. The van der Waals surface area contributed by atoms with Crippen LogP contribution in [0.3, 0.4) is 0 Å². The summed E-state index contributed by atoms with van der Waals surface area (Å²) >= 11 is 0. The van der Waals surface area contributed by atoms with E-state index in [1.165, 1.54) is 5.56 Å². The van der Waals surface area contributed by atoms with Crippen molar-refractivity contribution in [2.24, 2.45) is 0 Å². The molecule has 15 heavy (non-hydrogen) atoms. The summed E-state index contributed by atoms with van der Waals surface area (Å²) in [5, 5.41) is 3.27. The van der Waals surface area contributed by atoms with E-state index in [1.807, 2.05) is 12.1 Å². The first-order valence-corrected chi connectivity index (χ1v) is 5.01. The Labute approximate surface area is 87.2 Å². The zero-order valence-corrected chi connectivity index (χ0v) is 8.25. The summed E-state index contributed by atoms with van der Waals surface area (Å²) < 4.78 is 28.1. The minimum atomic E-state index is -2.75. The zero-order valence-electron chi connectivity index (χ0n) is 8.25. The molecule has 1 heterocycles. The van der Waals surface area contributed by atoms with E-state index in [0.717, 1.165) is 19.5 Å². The maximum Gasteiger partial charge on any atom is 0.387 e. The molecule has 2 nitrogen and oxygen atoms in total. The number of benzene rings is 1. The van der Waals surface area contributed by atoms with Crippen molar-refractivity contribution in [3.63, 3.8) is 0 Å². The van der Waals surface area contributed by atoms with Gasteiger partial charge in [0.05, 0.1) is 0 Å². The molecule has 0 spiro atoms. The van der Waals surface area contributed by atoms with Gasteiger partial charge in [-0.2, -0.15) is 8.78 Å². The first kappa shape index (κ1) is 10.4. The Morgan fingerprint density at radius 3 is 2.53 bits per heavy atom. The smallest absolute Gasteiger partial charge is 0.387 e. The molecule has 1 aromatic carbocycles. The summed E-state index contributed by atoms with van der Waals surface area (Å²) in [6.45, 7) is -0.751. The van der Waals surface area contributed by atoms with Crippen LogP contribution in [0, 0.1) is 0 Å². The highest BCUT2D eigenvalue weighted by Crippen LogP contribution is 2.24. The van der Waals surface area contributed by atoms with Gasteiger partial charge in [-0.25, -0.2) is 0 Å². The van der Waals surface area contributed by atoms with Gasteiger partial charge < -0.3 is 10.1 Å². The fourth-order valence-corrected chi connectivity index (χ4v) is 1.86. The SMILES string of the molecule is FC(F)Oc1ccc(C2CCNC2)cc1. The molecular formula is C11H13F2NO. The molecule has 4 heteroatoms. The molecule has 1 saturated heterocycles. The molecule has 0 saturated carbocycles. The molecule has 1 fully saturated rings. The molecule has 1 aliphatic rings. The molecule has 82 valence electrons. The standard InChI is InChI=1S/C11H13F2NO/c12-11(13)15-10-3-1-8(2-4-10)9-5-6-14-7-9/h1-4,9,11,14H,5-7H2. The van der Waals surface area contributed by atoms with E-state index >= 15 is 0 Å². The van der Waals surface area contributed by atoms with Crippen molar-refractivity contribution < 1.29 is 13.5 Å². The molecular weight excluding hydrogens is 200 g/mol. The number of hydrogen-bond acceptors (Lipinski definition) is 2. The average molecular weight is 213 g/mol. The maximum atomic E-state index is 11.9. The number of rotatable bonds is 3. The molecule has 0 aliphatic carbocycles. The fourth-order valence-electron chi connectivity index (χ4n) is 1.86. The van der Waals surface area contributed by atoms with Crippen molar-refractivity contribution in [1.82, 2.24) is 5.32 Å². The van der Waals surface area contributed by atoms with Crippen LogP contribution in [0.5, 0.6) is 5.75 Å². The van der Waals surface area contributed by atoms with Crippen LogP contribution in [0.4, 0.5) is 8.78 Å². The summed E-state index contributed by atoms with van der Waals surface area (Å²) in [5.41, 5.74) is 1.18. The van der Waals surface area contributed by atoms with Crippen molar-refractivity contribution in [2.75, 3.05) is 13.1 Å². The number of ether oxygens (including phenoxy) is 1. The van der Waals surface area contributed by atoms with Crippen LogP contribution in [0.1, 0.15) is 17.9 Å². The Balaban J connectivity index is 2.03. The molecule has 1 atom stereocenters. The lowest BCUT2D eigenvalue weighted by Crippen LogP contribution is -2.08. The van der Waals surface area contributed by atoms with E-state index in [1.54, 1.807) is 12.1 Å². The van der Waals surface area contributed by atoms with Gasteiger partial charge in [0.25, 0.3) is 0 Å². The van der Waals surface area contributed by atoms with Crippen LogP contribution in [0.15, 0.2) is 24.3 Å². The second kappa shape index (κ2) is 4.57. The number of alkyl halides is 2. The monoisotopic (exact) mass is 213 g/mol. The molecule has 1 aromatic rings. The predicted octanol–water partition coefficient (Wildman–Crippen LogP) is 2.36. The third kappa shape index (κ3) is 2.65. The molecule has 0 aromatic heterocycles. The van der Waals surface area contributed by atoms with E-state index in [0.29, 0.717) is 5.92 Å². The maximum absolute atomic E-state index is 11.9. The molecule has 0 radical (unpaired) electrons. The summed E-state index contributed by atoms with van der Waals surface area (Å²) in [6, 6.07) is 6.91. The highest BCUT2D eigenvalue weighted by atomic mass is 19.3. The van der Waals surface area contributed by atoms with Crippen LogP contribution in [-0.4, -0.2) is 19.7 Å². The average Bonchev–Trinajstić information content (AvgIpc) is 2.71. The molecule has 1 N–H and O–H groups in total. The van der Waals surface area contributed by atoms with E-state index in [2.05, 4.69) is 10.1 Å². The van der Waals surface area contributed by atoms with Crippen LogP contribution in [0.2, 0.25) is 0 Å². The van der Waals surface area contributed by atoms with Crippen molar-refractivity contribution >= 4 is 0 Å². The van der Waals surface area contributed by atoms with E-state index < -0.39 is 6.61 Å². The third-order valence-corrected chi connectivity index (χ3v) is 2.64. The second-order valence-corrected chi connectivity index (χ2v) is 3.64. The minimum absolute atomic E-state index is 0.222. The molecule has 0 amide bonds. The molecule has 2 rings (SSSR count). The summed E-state index contributed by atoms with van der Waals surface area (Å²) in [4.78, 5) is 0. The van der Waals surface area contributed by atoms with Gasteiger partial charge in [0.1, 0.15) is 5.75 Å². The molecule has 1 aliphatic heterocycles. The Bertz CT molecular complexity index is 307. The van der Waals surface area contributed by atoms with Crippen molar-refractivity contribution in [3.8, 4) is 5.75 Å². The minimum Gasteiger partial charge on any atom is -0.435 e. The molecule has 1 unspecified atom stereocenters. The van der Waals surface area contributed by atoms with Gasteiger partial charge in [0.2, 0.25) is 0 Å². The Hall–Kier alpha value is -1.16. The Morgan fingerprint density at radius 2 is 2.00 bits per heavy atom. The highest BCUT2D eigenvalue weighted by molar-refractivity contribution is 5.30. The Kier molecular flexibility index (Phi) is 3.16. The van der Waals surface area contributed by atoms with Crippen LogP contribution < -0.4 is 10.1 Å². The lowest BCUT2D eigenvalue weighted by Gasteiger charge is -2.10. The largest absolute Gasteiger partial charge is 0.435 e. The fraction of sp³-hybridized carbons (Fsp3) is 0.455. The highest BCUT2D eigenvalue weighted by Gasteiger charge is 2.16. The summed E-state index contributed by atoms with van der Waals surface area (Å²) in [6.07, 6.45) is 1.11. The second-order valence-electron chi connectivity index (χ2n) is 3.64. The van der Waals surface area contributed by atoms with E-state index in [4.69, 9.17) is 0 Å². The quantitative estimate of drug-likeness (QED) is 0.832.